The van der Waals surface area contributed by atoms with Crippen molar-refractivity contribution in [3.63, 3.8) is 0 Å². The van der Waals surface area contributed by atoms with Gasteiger partial charge in [0.25, 0.3) is 0 Å². The average Bonchev–Trinajstić information content (AvgIpc) is 2.82. The van der Waals surface area contributed by atoms with E-state index in [1.54, 1.807) is 6.07 Å². The second-order valence-electron chi connectivity index (χ2n) is 5.05. The van der Waals surface area contributed by atoms with Crippen molar-refractivity contribution in [2.45, 2.75) is 38.0 Å². The molecule has 1 aromatic heterocycles. The van der Waals surface area contributed by atoms with Gasteiger partial charge in [-0.1, -0.05) is 25.3 Å². The van der Waals surface area contributed by atoms with E-state index in [9.17, 15) is 4.79 Å². The quantitative estimate of drug-likeness (QED) is 0.862. The summed E-state index contributed by atoms with van der Waals surface area (Å²) in [6.07, 6.45) is 6.43. The van der Waals surface area contributed by atoms with Crippen LogP contribution in [-0.4, -0.2) is 11.1 Å². The highest BCUT2D eigenvalue weighted by Gasteiger charge is 2.17. The maximum atomic E-state index is 10.9. The van der Waals surface area contributed by atoms with E-state index in [1.165, 1.54) is 37.7 Å². The van der Waals surface area contributed by atoms with E-state index >= 15 is 0 Å². The maximum Gasteiger partial charge on any atom is 0.371 e. The minimum absolute atomic E-state index is 0.0193. The van der Waals surface area contributed by atoms with Gasteiger partial charge in [-0.3, -0.25) is 0 Å². The fourth-order valence-corrected chi connectivity index (χ4v) is 2.86. The molecule has 0 aliphatic heterocycles. The van der Waals surface area contributed by atoms with Crippen LogP contribution < -0.4 is 0 Å². The van der Waals surface area contributed by atoms with E-state index in [4.69, 9.17) is 9.52 Å². The summed E-state index contributed by atoms with van der Waals surface area (Å²) in [5.74, 6) is -0.359. The van der Waals surface area contributed by atoms with Crippen molar-refractivity contribution in [2.75, 3.05) is 0 Å². The van der Waals surface area contributed by atoms with Crippen LogP contribution in [0.2, 0.25) is 0 Å². The zero-order valence-electron chi connectivity index (χ0n) is 10.2. The lowest BCUT2D eigenvalue weighted by Crippen LogP contribution is -2.03. The molecule has 2 aromatic rings. The van der Waals surface area contributed by atoms with Crippen LogP contribution in [0.3, 0.4) is 0 Å². The Morgan fingerprint density at radius 2 is 1.94 bits per heavy atom. The molecule has 1 heterocycles. The normalized spacial score (nSPS) is 17.1. The van der Waals surface area contributed by atoms with Crippen LogP contribution in [0.4, 0.5) is 0 Å². The van der Waals surface area contributed by atoms with E-state index in [1.807, 2.05) is 6.07 Å². The van der Waals surface area contributed by atoms with Crippen LogP contribution in [0.1, 0.15) is 54.1 Å². The molecule has 0 saturated heterocycles. The minimum atomic E-state index is -1.01. The highest BCUT2D eigenvalue weighted by atomic mass is 16.4. The molecule has 18 heavy (non-hydrogen) atoms. The molecular formula is C15H16O3. The predicted octanol–water partition coefficient (Wildman–Crippen LogP) is 4.18. The zero-order chi connectivity index (χ0) is 12.5. The Morgan fingerprint density at radius 3 is 2.67 bits per heavy atom. The Balaban J connectivity index is 1.96. The SMILES string of the molecule is O=C(O)c1cc2cc(C3CCCCC3)ccc2o1. The first-order valence-corrected chi connectivity index (χ1v) is 6.51. The molecule has 3 heteroatoms. The molecule has 1 aromatic carbocycles. The molecule has 3 nitrogen and oxygen atoms in total. The molecule has 0 bridgehead atoms. The van der Waals surface area contributed by atoms with E-state index in [-0.39, 0.29) is 5.76 Å². The van der Waals surface area contributed by atoms with Gasteiger partial charge in [0.1, 0.15) is 5.58 Å². The van der Waals surface area contributed by atoms with E-state index < -0.39 is 5.97 Å². The van der Waals surface area contributed by atoms with Crippen LogP contribution >= 0.6 is 0 Å². The molecule has 1 aliphatic carbocycles. The van der Waals surface area contributed by atoms with Crippen LogP contribution in [0.25, 0.3) is 11.0 Å². The van der Waals surface area contributed by atoms with Crippen LogP contribution in [0.15, 0.2) is 28.7 Å². The van der Waals surface area contributed by atoms with Crippen LogP contribution in [0, 0.1) is 0 Å². The summed E-state index contributed by atoms with van der Waals surface area (Å²) in [5, 5.41) is 9.81. The summed E-state index contributed by atoms with van der Waals surface area (Å²) in [6.45, 7) is 0. The minimum Gasteiger partial charge on any atom is -0.475 e. The molecule has 1 fully saturated rings. The fraction of sp³-hybridized carbons (Fsp3) is 0.400. The molecule has 1 N–H and O–H groups in total. The molecule has 3 rings (SSSR count). The van der Waals surface area contributed by atoms with E-state index in [0.29, 0.717) is 11.5 Å². The van der Waals surface area contributed by atoms with Gasteiger partial charge in [0.2, 0.25) is 5.76 Å². The monoisotopic (exact) mass is 244 g/mol. The van der Waals surface area contributed by atoms with Gasteiger partial charge in [-0.05, 0) is 42.5 Å². The largest absolute Gasteiger partial charge is 0.475 e. The van der Waals surface area contributed by atoms with Crippen LogP contribution in [0.5, 0.6) is 0 Å². The first-order valence-electron chi connectivity index (χ1n) is 6.51. The Hall–Kier alpha value is -1.77. The summed E-state index contributed by atoms with van der Waals surface area (Å²) in [7, 11) is 0. The third-order valence-corrected chi connectivity index (χ3v) is 3.83. The van der Waals surface area contributed by atoms with Gasteiger partial charge in [0.15, 0.2) is 0 Å². The summed E-state index contributed by atoms with van der Waals surface area (Å²) in [4.78, 5) is 10.9. The number of benzene rings is 1. The average molecular weight is 244 g/mol. The molecular weight excluding hydrogens is 228 g/mol. The second kappa shape index (κ2) is 4.48. The van der Waals surface area contributed by atoms with Crippen molar-refractivity contribution in [1.82, 2.24) is 0 Å². The number of hydrogen-bond acceptors (Lipinski definition) is 2. The number of fused-ring (bicyclic) bond motifs is 1. The number of carbonyl (C=O) groups is 1. The third kappa shape index (κ3) is 2.01. The highest BCUT2D eigenvalue weighted by Crippen LogP contribution is 2.34. The predicted molar refractivity (Wildman–Crippen MR) is 69.0 cm³/mol. The van der Waals surface area contributed by atoms with Crippen molar-refractivity contribution in [3.05, 3.63) is 35.6 Å². The number of carboxylic acid groups (broad SMARTS) is 1. The number of carboxylic acids is 1. The first kappa shape index (κ1) is 11.3. The number of rotatable bonds is 2. The van der Waals surface area contributed by atoms with Crippen molar-refractivity contribution >= 4 is 16.9 Å². The van der Waals surface area contributed by atoms with Crippen molar-refractivity contribution in [2.24, 2.45) is 0 Å². The van der Waals surface area contributed by atoms with Gasteiger partial charge in [0.05, 0.1) is 0 Å². The van der Waals surface area contributed by atoms with Gasteiger partial charge < -0.3 is 9.52 Å². The Kier molecular flexibility index (Phi) is 2.82. The lowest BCUT2D eigenvalue weighted by Gasteiger charge is -2.21. The van der Waals surface area contributed by atoms with Crippen molar-refractivity contribution in [3.8, 4) is 0 Å². The van der Waals surface area contributed by atoms with E-state index in [2.05, 4.69) is 12.1 Å². The van der Waals surface area contributed by atoms with Gasteiger partial charge in [-0.2, -0.15) is 0 Å². The second-order valence-corrected chi connectivity index (χ2v) is 5.05. The van der Waals surface area contributed by atoms with Gasteiger partial charge in [0, 0.05) is 5.39 Å². The van der Waals surface area contributed by atoms with Gasteiger partial charge >= 0.3 is 5.97 Å². The molecule has 0 radical (unpaired) electrons. The molecule has 0 spiro atoms. The lowest BCUT2D eigenvalue weighted by molar-refractivity contribution is 0.0665. The summed E-state index contributed by atoms with van der Waals surface area (Å²) < 4.78 is 5.27. The fourth-order valence-electron chi connectivity index (χ4n) is 2.86. The molecule has 1 saturated carbocycles. The maximum absolute atomic E-state index is 10.9. The Morgan fingerprint density at radius 1 is 1.17 bits per heavy atom. The van der Waals surface area contributed by atoms with Gasteiger partial charge in [-0.15, -0.1) is 0 Å². The highest BCUT2D eigenvalue weighted by molar-refractivity contribution is 5.91. The topological polar surface area (TPSA) is 50.4 Å². The summed E-state index contributed by atoms with van der Waals surface area (Å²) in [6, 6.07) is 7.67. The first-order chi connectivity index (χ1) is 8.74. The Labute approximate surface area is 105 Å². The van der Waals surface area contributed by atoms with Crippen molar-refractivity contribution in [1.29, 1.82) is 0 Å². The molecule has 1 aliphatic rings. The Bertz CT molecular complexity index is 576. The molecule has 0 unspecified atom stereocenters. The standard InChI is InChI=1S/C15H16O3/c16-15(17)14-9-12-8-11(6-7-13(12)18-14)10-4-2-1-3-5-10/h6-10H,1-5H2,(H,16,17). The summed E-state index contributed by atoms with van der Waals surface area (Å²) in [5.41, 5.74) is 1.98. The summed E-state index contributed by atoms with van der Waals surface area (Å²) >= 11 is 0. The number of aromatic carboxylic acids is 1. The molecule has 0 atom stereocenters. The lowest BCUT2D eigenvalue weighted by atomic mass is 9.84. The molecule has 0 amide bonds. The number of furan rings is 1. The van der Waals surface area contributed by atoms with Gasteiger partial charge in [-0.25, -0.2) is 4.79 Å². The smallest absolute Gasteiger partial charge is 0.371 e. The van der Waals surface area contributed by atoms with Crippen molar-refractivity contribution < 1.29 is 14.3 Å². The van der Waals surface area contributed by atoms with E-state index in [0.717, 1.165) is 5.39 Å². The van der Waals surface area contributed by atoms with Crippen LogP contribution in [-0.2, 0) is 0 Å². The zero-order valence-corrected chi connectivity index (χ0v) is 10.2. The molecule has 94 valence electrons. The number of hydrogen-bond donors (Lipinski definition) is 1. The third-order valence-electron chi connectivity index (χ3n) is 3.83.